The molecule has 0 atom stereocenters. The molecule has 0 aliphatic rings. The van der Waals surface area contributed by atoms with Gasteiger partial charge < -0.3 is 0 Å². The topological polar surface area (TPSA) is 85.1 Å². The summed E-state index contributed by atoms with van der Waals surface area (Å²) in [5.74, 6) is -0.415. The molecule has 1 amide bonds. The summed E-state index contributed by atoms with van der Waals surface area (Å²) in [6, 6.07) is 12.7. The molecule has 6 nitrogen and oxygen atoms in total. The number of aromatic nitrogens is 1. The molecule has 0 unspecified atom stereocenters. The zero-order valence-electron chi connectivity index (χ0n) is 14.8. The fourth-order valence-electron chi connectivity index (χ4n) is 2.50. The van der Waals surface area contributed by atoms with E-state index in [1.807, 2.05) is 6.92 Å². The first-order valence-corrected chi connectivity index (χ1v) is 10.1. The first kappa shape index (κ1) is 19.1. The van der Waals surface area contributed by atoms with Gasteiger partial charge >= 0.3 is 0 Å². The molecule has 0 fully saturated rings. The van der Waals surface area contributed by atoms with E-state index in [9.17, 15) is 14.9 Å². The van der Waals surface area contributed by atoms with E-state index in [-0.39, 0.29) is 11.3 Å². The quantitative estimate of drug-likeness (QED) is 0.361. The Morgan fingerprint density at radius 1 is 1.26 bits per heavy atom. The van der Waals surface area contributed by atoms with Gasteiger partial charge in [0.15, 0.2) is 5.13 Å². The molecule has 0 aliphatic heterocycles. The van der Waals surface area contributed by atoms with Gasteiger partial charge in [0.05, 0.1) is 9.82 Å². The number of hydrogen-bond acceptors (Lipinski definition) is 6. The highest BCUT2D eigenvalue weighted by atomic mass is 32.2. The number of carbonyl (C=O) groups is 1. The molecule has 0 spiro atoms. The molecular weight excluding hydrogens is 382 g/mol. The summed E-state index contributed by atoms with van der Waals surface area (Å²) in [5, 5.41) is 14.3. The minimum atomic E-state index is -0.480. The van der Waals surface area contributed by atoms with E-state index in [1.54, 1.807) is 24.6 Å². The smallest absolute Gasteiger partial charge is 0.283 e. The molecule has 27 heavy (non-hydrogen) atoms. The van der Waals surface area contributed by atoms with Gasteiger partial charge in [0.1, 0.15) is 0 Å². The van der Waals surface area contributed by atoms with E-state index in [4.69, 9.17) is 0 Å². The van der Waals surface area contributed by atoms with Crippen LogP contribution in [0.1, 0.15) is 26.4 Å². The van der Waals surface area contributed by atoms with Gasteiger partial charge in [-0.1, -0.05) is 29.8 Å². The van der Waals surface area contributed by atoms with Gasteiger partial charge in [0.25, 0.3) is 11.6 Å². The second kappa shape index (κ2) is 8.32. The molecule has 8 heteroatoms. The number of anilines is 1. The first-order valence-electron chi connectivity index (χ1n) is 8.10. The van der Waals surface area contributed by atoms with Crippen molar-refractivity contribution in [1.29, 1.82) is 0 Å². The van der Waals surface area contributed by atoms with Crippen molar-refractivity contribution in [2.24, 2.45) is 0 Å². The summed E-state index contributed by atoms with van der Waals surface area (Å²) in [7, 11) is 0. The van der Waals surface area contributed by atoms with E-state index in [0.29, 0.717) is 10.0 Å². The monoisotopic (exact) mass is 399 g/mol. The van der Waals surface area contributed by atoms with Crippen LogP contribution in [0.4, 0.5) is 10.8 Å². The Kier molecular flexibility index (Phi) is 5.88. The first-order chi connectivity index (χ1) is 13.0. The number of hydrogen-bond donors (Lipinski definition) is 1. The number of nitrogens with one attached hydrogen (secondary N) is 1. The second-order valence-corrected chi connectivity index (χ2v) is 7.86. The lowest BCUT2D eigenvalue weighted by atomic mass is 10.1. The number of nitrogens with zero attached hydrogens (tertiary/aromatic N) is 2. The van der Waals surface area contributed by atoms with E-state index >= 15 is 0 Å². The predicted octanol–water partition coefficient (Wildman–Crippen LogP) is 4.92. The van der Waals surface area contributed by atoms with Crippen molar-refractivity contribution < 1.29 is 9.72 Å². The third kappa shape index (κ3) is 4.72. The van der Waals surface area contributed by atoms with Crippen LogP contribution in [0.2, 0.25) is 0 Å². The van der Waals surface area contributed by atoms with Crippen LogP contribution in [-0.4, -0.2) is 22.1 Å². The molecule has 138 valence electrons. The van der Waals surface area contributed by atoms with Crippen LogP contribution in [0, 0.1) is 17.0 Å². The minimum Gasteiger partial charge on any atom is -0.298 e. The van der Waals surface area contributed by atoms with Crippen molar-refractivity contribution in [2.75, 3.05) is 11.6 Å². The standard InChI is InChI=1S/C19H17N3O3S2/c1-12-3-5-13(6-4-12)9-15-11-20-19(27-15)21-18(23)14-7-8-17(26-2)16(10-14)22(24)25/h3-8,10-11H,9H2,1-2H3,(H,20,21,23). The molecule has 3 rings (SSSR count). The van der Waals surface area contributed by atoms with Crippen molar-refractivity contribution in [3.63, 3.8) is 0 Å². The number of thiazole rings is 1. The van der Waals surface area contributed by atoms with Gasteiger partial charge in [-0.3, -0.25) is 20.2 Å². The Labute approximate surface area is 164 Å². The van der Waals surface area contributed by atoms with Gasteiger partial charge in [-0.15, -0.1) is 23.1 Å². The molecule has 1 N–H and O–H groups in total. The van der Waals surface area contributed by atoms with Crippen molar-refractivity contribution in [2.45, 2.75) is 18.2 Å². The fraction of sp³-hybridized carbons (Fsp3) is 0.158. The maximum Gasteiger partial charge on any atom is 0.283 e. The minimum absolute atomic E-state index is 0.0747. The molecule has 0 bridgehead atoms. The van der Waals surface area contributed by atoms with Crippen molar-refractivity contribution in [1.82, 2.24) is 4.98 Å². The lowest BCUT2D eigenvalue weighted by Crippen LogP contribution is -2.12. The summed E-state index contributed by atoms with van der Waals surface area (Å²) in [4.78, 5) is 28.9. The Balaban J connectivity index is 1.71. The van der Waals surface area contributed by atoms with E-state index in [2.05, 4.69) is 34.6 Å². The molecule has 2 aromatic carbocycles. The van der Waals surface area contributed by atoms with Crippen LogP contribution in [0.5, 0.6) is 0 Å². The fourth-order valence-corrected chi connectivity index (χ4v) is 3.89. The lowest BCUT2D eigenvalue weighted by molar-refractivity contribution is -0.387. The average molecular weight is 399 g/mol. The number of thioether (sulfide) groups is 1. The number of benzene rings is 2. The summed E-state index contributed by atoms with van der Waals surface area (Å²) in [6.07, 6.45) is 4.23. The summed E-state index contributed by atoms with van der Waals surface area (Å²) < 4.78 is 0. The molecular formula is C19H17N3O3S2. The number of aryl methyl sites for hydroxylation is 1. The largest absolute Gasteiger partial charge is 0.298 e. The SMILES string of the molecule is CSc1ccc(C(=O)Nc2ncc(Cc3ccc(C)cc3)s2)cc1[N+](=O)[O-]. The molecule has 1 heterocycles. The van der Waals surface area contributed by atoms with Crippen LogP contribution in [-0.2, 0) is 6.42 Å². The Hall–Kier alpha value is -2.71. The number of rotatable bonds is 6. The zero-order valence-corrected chi connectivity index (χ0v) is 16.4. The third-order valence-corrected chi connectivity index (χ3v) is 5.61. The molecule has 0 aliphatic carbocycles. The summed E-state index contributed by atoms with van der Waals surface area (Å²) >= 11 is 2.66. The molecule has 0 saturated carbocycles. The van der Waals surface area contributed by atoms with Gasteiger partial charge in [0.2, 0.25) is 0 Å². The van der Waals surface area contributed by atoms with Gasteiger partial charge in [-0.25, -0.2) is 4.98 Å². The highest BCUT2D eigenvalue weighted by Gasteiger charge is 2.18. The summed E-state index contributed by atoms with van der Waals surface area (Å²) in [5.41, 5.74) is 2.53. The number of nitro benzene ring substituents is 1. The Morgan fingerprint density at radius 2 is 2.00 bits per heavy atom. The molecule has 1 aromatic heterocycles. The second-order valence-electron chi connectivity index (χ2n) is 5.89. The van der Waals surface area contributed by atoms with Crippen molar-refractivity contribution in [3.05, 3.63) is 80.3 Å². The normalized spacial score (nSPS) is 10.6. The van der Waals surface area contributed by atoms with E-state index < -0.39 is 10.8 Å². The predicted molar refractivity (Wildman–Crippen MR) is 109 cm³/mol. The third-order valence-electron chi connectivity index (χ3n) is 3.91. The van der Waals surface area contributed by atoms with Crippen molar-refractivity contribution >= 4 is 39.8 Å². The number of amides is 1. The van der Waals surface area contributed by atoms with Crippen LogP contribution in [0.15, 0.2) is 53.6 Å². The zero-order chi connectivity index (χ0) is 19.4. The number of carbonyl (C=O) groups excluding carboxylic acids is 1. The molecule has 0 saturated heterocycles. The van der Waals surface area contributed by atoms with Crippen LogP contribution < -0.4 is 5.32 Å². The van der Waals surface area contributed by atoms with Gasteiger partial charge in [-0.2, -0.15) is 0 Å². The Morgan fingerprint density at radius 3 is 2.67 bits per heavy atom. The van der Waals surface area contributed by atoms with Crippen LogP contribution in [0.25, 0.3) is 0 Å². The molecule has 3 aromatic rings. The average Bonchev–Trinajstić information content (AvgIpc) is 3.09. The lowest BCUT2D eigenvalue weighted by Gasteiger charge is -2.04. The highest BCUT2D eigenvalue weighted by molar-refractivity contribution is 7.98. The van der Waals surface area contributed by atoms with Gasteiger partial charge in [-0.05, 0) is 30.9 Å². The maximum absolute atomic E-state index is 12.4. The Bertz CT molecular complexity index is 984. The molecule has 0 radical (unpaired) electrons. The highest BCUT2D eigenvalue weighted by Crippen LogP contribution is 2.29. The maximum atomic E-state index is 12.4. The van der Waals surface area contributed by atoms with E-state index in [1.165, 1.54) is 40.3 Å². The summed E-state index contributed by atoms with van der Waals surface area (Å²) in [6.45, 7) is 2.04. The van der Waals surface area contributed by atoms with Crippen LogP contribution >= 0.6 is 23.1 Å². The van der Waals surface area contributed by atoms with Crippen LogP contribution in [0.3, 0.4) is 0 Å². The number of nitro groups is 1. The van der Waals surface area contributed by atoms with Crippen molar-refractivity contribution in [3.8, 4) is 0 Å². The van der Waals surface area contributed by atoms with Gasteiger partial charge in [0, 0.05) is 29.1 Å². The van der Waals surface area contributed by atoms with E-state index in [0.717, 1.165) is 11.3 Å².